The van der Waals surface area contributed by atoms with Crippen LogP contribution in [0.4, 0.5) is 0 Å². The molecular weight excluding hydrogens is 212 g/mol. The third-order valence-corrected chi connectivity index (χ3v) is 4.36. The molecule has 3 heteroatoms. The van der Waals surface area contributed by atoms with E-state index in [-0.39, 0.29) is 0 Å². The Labute approximate surface area is 99.8 Å². The number of phenolic OH excluding ortho intramolecular Hbond substituents is 1. The fraction of sp³-hybridized carbons (Fsp3) is 0.429. The van der Waals surface area contributed by atoms with Crippen LogP contribution in [0.5, 0.6) is 5.75 Å². The molecule has 2 atom stereocenters. The number of phenols is 1. The molecule has 2 unspecified atom stereocenters. The molecule has 3 nitrogen and oxygen atoms in total. The van der Waals surface area contributed by atoms with Crippen molar-refractivity contribution in [2.45, 2.75) is 31.7 Å². The van der Waals surface area contributed by atoms with Crippen molar-refractivity contribution < 1.29 is 5.11 Å². The summed E-state index contributed by atoms with van der Waals surface area (Å²) in [6.45, 7) is 3.17. The third-order valence-electron chi connectivity index (χ3n) is 4.36. The van der Waals surface area contributed by atoms with Gasteiger partial charge in [-0.2, -0.15) is 0 Å². The number of aromatic amines is 1. The predicted octanol–water partition coefficient (Wildman–Crippen LogP) is 2.18. The fourth-order valence-corrected chi connectivity index (χ4v) is 3.51. The van der Waals surface area contributed by atoms with Crippen molar-refractivity contribution in [3.05, 3.63) is 29.0 Å². The maximum atomic E-state index is 10.1. The number of aromatic nitrogens is 1. The van der Waals surface area contributed by atoms with Crippen LogP contribution in [0.2, 0.25) is 0 Å². The molecule has 0 saturated carbocycles. The first-order valence-corrected chi connectivity index (χ1v) is 6.30. The standard InChI is InChI=1S/C14H16N2O/c1-7-2-3-11(17)12-10-5-9-4-8(6-15-9)14(10)16-13(7)12/h2-3,8-9,15-17H,4-6H2,1H3. The largest absolute Gasteiger partial charge is 0.507 e. The summed E-state index contributed by atoms with van der Waals surface area (Å²) in [6, 6.07) is 4.40. The van der Waals surface area contributed by atoms with Gasteiger partial charge in [-0.05, 0) is 37.0 Å². The van der Waals surface area contributed by atoms with Crippen molar-refractivity contribution in [2.24, 2.45) is 0 Å². The van der Waals surface area contributed by atoms with Gasteiger partial charge in [0.2, 0.25) is 0 Å². The van der Waals surface area contributed by atoms with E-state index in [1.807, 2.05) is 12.1 Å². The van der Waals surface area contributed by atoms with Crippen LogP contribution in [-0.4, -0.2) is 22.7 Å². The Bertz CT molecular complexity index is 614. The lowest BCUT2D eigenvalue weighted by Gasteiger charge is -2.18. The maximum absolute atomic E-state index is 10.1. The van der Waals surface area contributed by atoms with Gasteiger partial charge in [-0.15, -0.1) is 0 Å². The van der Waals surface area contributed by atoms with Crippen LogP contribution >= 0.6 is 0 Å². The van der Waals surface area contributed by atoms with E-state index >= 15 is 0 Å². The predicted molar refractivity (Wildman–Crippen MR) is 67.6 cm³/mol. The number of aromatic hydroxyl groups is 1. The molecule has 0 radical (unpaired) electrons. The monoisotopic (exact) mass is 228 g/mol. The van der Waals surface area contributed by atoms with Crippen molar-refractivity contribution in [1.82, 2.24) is 10.3 Å². The smallest absolute Gasteiger partial charge is 0.125 e. The zero-order chi connectivity index (χ0) is 11.6. The molecule has 1 aromatic carbocycles. The average Bonchev–Trinajstić information content (AvgIpc) is 2.88. The molecule has 1 aromatic heterocycles. The van der Waals surface area contributed by atoms with Gasteiger partial charge >= 0.3 is 0 Å². The van der Waals surface area contributed by atoms with Crippen LogP contribution in [0.1, 0.15) is 29.2 Å². The minimum Gasteiger partial charge on any atom is -0.507 e. The zero-order valence-electron chi connectivity index (χ0n) is 9.88. The highest BCUT2D eigenvalue weighted by atomic mass is 16.3. The number of benzene rings is 1. The topological polar surface area (TPSA) is 48.0 Å². The minimum absolute atomic E-state index is 0.421. The molecule has 1 fully saturated rings. The SMILES string of the molecule is Cc1ccc(O)c2c3c([nH]c12)C1CNC(C3)C1. The molecule has 2 heterocycles. The average molecular weight is 228 g/mol. The lowest BCUT2D eigenvalue weighted by Crippen LogP contribution is -2.23. The minimum atomic E-state index is 0.421. The summed E-state index contributed by atoms with van der Waals surface area (Å²) in [5.41, 5.74) is 5.04. The van der Waals surface area contributed by atoms with Crippen LogP contribution in [0.25, 0.3) is 10.9 Å². The summed E-state index contributed by atoms with van der Waals surface area (Å²) in [7, 11) is 0. The Morgan fingerprint density at radius 3 is 3.12 bits per heavy atom. The van der Waals surface area contributed by atoms with E-state index in [0.29, 0.717) is 17.7 Å². The van der Waals surface area contributed by atoms with E-state index in [1.54, 1.807) is 0 Å². The molecule has 0 amide bonds. The van der Waals surface area contributed by atoms with E-state index in [1.165, 1.54) is 23.2 Å². The Morgan fingerprint density at radius 1 is 1.35 bits per heavy atom. The second-order valence-corrected chi connectivity index (χ2v) is 5.41. The Hall–Kier alpha value is -1.48. The summed E-state index contributed by atoms with van der Waals surface area (Å²) in [5.74, 6) is 1.03. The molecular formula is C14H16N2O. The molecule has 88 valence electrons. The Kier molecular flexibility index (Phi) is 1.71. The van der Waals surface area contributed by atoms with Crippen LogP contribution in [-0.2, 0) is 6.42 Å². The van der Waals surface area contributed by atoms with E-state index in [0.717, 1.165) is 23.9 Å². The normalized spacial score (nSPS) is 26.4. The molecule has 1 aliphatic carbocycles. The molecule has 1 saturated heterocycles. The van der Waals surface area contributed by atoms with Gasteiger partial charge in [0, 0.05) is 29.6 Å². The number of hydrogen-bond acceptors (Lipinski definition) is 2. The summed E-state index contributed by atoms with van der Waals surface area (Å²) in [5, 5.41) is 14.7. The molecule has 2 aromatic rings. The number of fused-ring (bicyclic) bond motifs is 6. The molecule has 1 aliphatic heterocycles. The number of hydrogen-bond donors (Lipinski definition) is 3. The fourth-order valence-electron chi connectivity index (χ4n) is 3.51. The summed E-state index contributed by atoms with van der Waals surface area (Å²) in [6.07, 6.45) is 2.28. The van der Waals surface area contributed by atoms with E-state index in [9.17, 15) is 5.11 Å². The third kappa shape index (κ3) is 1.15. The molecule has 2 bridgehead atoms. The van der Waals surface area contributed by atoms with Crippen molar-refractivity contribution in [3.63, 3.8) is 0 Å². The lowest BCUT2D eigenvalue weighted by atomic mass is 9.87. The van der Waals surface area contributed by atoms with Gasteiger partial charge in [0.1, 0.15) is 5.75 Å². The van der Waals surface area contributed by atoms with Crippen molar-refractivity contribution >= 4 is 10.9 Å². The van der Waals surface area contributed by atoms with Gasteiger partial charge in [-0.1, -0.05) is 6.07 Å². The summed E-state index contributed by atoms with van der Waals surface area (Å²) < 4.78 is 0. The van der Waals surface area contributed by atoms with Gasteiger partial charge in [0.25, 0.3) is 0 Å². The number of rotatable bonds is 0. The Balaban J connectivity index is 2.08. The lowest BCUT2D eigenvalue weighted by molar-refractivity contribution is 0.480. The first-order valence-electron chi connectivity index (χ1n) is 6.30. The molecule has 4 rings (SSSR count). The first-order chi connectivity index (χ1) is 8.24. The van der Waals surface area contributed by atoms with Crippen molar-refractivity contribution in [2.75, 3.05) is 6.54 Å². The van der Waals surface area contributed by atoms with E-state index in [2.05, 4.69) is 17.2 Å². The van der Waals surface area contributed by atoms with Crippen molar-refractivity contribution in [3.8, 4) is 5.75 Å². The van der Waals surface area contributed by atoms with Crippen LogP contribution in [0.15, 0.2) is 12.1 Å². The molecule has 0 spiro atoms. The van der Waals surface area contributed by atoms with E-state index < -0.39 is 0 Å². The van der Waals surface area contributed by atoms with Crippen LogP contribution in [0.3, 0.4) is 0 Å². The van der Waals surface area contributed by atoms with Gasteiger partial charge in [-0.25, -0.2) is 0 Å². The molecule has 3 N–H and O–H groups in total. The molecule has 2 aliphatic rings. The second-order valence-electron chi connectivity index (χ2n) is 5.41. The maximum Gasteiger partial charge on any atom is 0.125 e. The zero-order valence-corrected chi connectivity index (χ0v) is 9.88. The highest BCUT2D eigenvalue weighted by molar-refractivity contribution is 5.93. The first kappa shape index (κ1) is 9.54. The molecule has 17 heavy (non-hydrogen) atoms. The van der Waals surface area contributed by atoms with E-state index in [4.69, 9.17) is 0 Å². The van der Waals surface area contributed by atoms with Gasteiger partial charge < -0.3 is 15.4 Å². The van der Waals surface area contributed by atoms with Gasteiger partial charge in [-0.3, -0.25) is 0 Å². The highest BCUT2D eigenvalue weighted by Crippen LogP contribution is 2.42. The van der Waals surface area contributed by atoms with Crippen LogP contribution < -0.4 is 5.32 Å². The number of H-pyrrole nitrogens is 1. The van der Waals surface area contributed by atoms with Gasteiger partial charge in [0.15, 0.2) is 0 Å². The highest BCUT2D eigenvalue weighted by Gasteiger charge is 2.35. The number of nitrogens with one attached hydrogen (secondary N) is 2. The second kappa shape index (κ2) is 3.05. The van der Waals surface area contributed by atoms with Gasteiger partial charge in [0.05, 0.1) is 5.52 Å². The number of aryl methyl sites for hydroxylation is 1. The van der Waals surface area contributed by atoms with Crippen LogP contribution in [0, 0.1) is 6.92 Å². The quantitative estimate of drug-likeness (QED) is 0.647. The summed E-state index contributed by atoms with van der Waals surface area (Å²) >= 11 is 0. The summed E-state index contributed by atoms with van der Waals surface area (Å²) in [4.78, 5) is 3.55. The van der Waals surface area contributed by atoms with Crippen molar-refractivity contribution in [1.29, 1.82) is 0 Å². The Morgan fingerprint density at radius 2 is 2.24 bits per heavy atom.